The molecule has 0 radical (unpaired) electrons. The summed E-state index contributed by atoms with van der Waals surface area (Å²) in [5.74, 6) is -0.518. The highest BCUT2D eigenvalue weighted by Crippen LogP contribution is 2.43. The number of carboxylic acid groups (broad SMARTS) is 1. The maximum atomic E-state index is 12.9. The van der Waals surface area contributed by atoms with Gasteiger partial charge in [0.25, 0.3) is 0 Å². The highest BCUT2D eigenvalue weighted by molar-refractivity contribution is 5.65. The van der Waals surface area contributed by atoms with Crippen LogP contribution in [0.2, 0.25) is 0 Å². The molecule has 0 saturated heterocycles. The molecule has 1 aliphatic rings. The van der Waals surface area contributed by atoms with Crippen molar-refractivity contribution in [2.24, 2.45) is 0 Å². The second-order valence-electron chi connectivity index (χ2n) is 5.00. The first kappa shape index (κ1) is 14.6. The van der Waals surface area contributed by atoms with E-state index in [1.54, 1.807) is 6.92 Å². The van der Waals surface area contributed by atoms with Gasteiger partial charge in [-0.15, -0.1) is 0 Å². The fourth-order valence-corrected chi connectivity index (χ4v) is 2.24. The molecule has 2 heterocycles. The molecule has 0 aliphatic carbocycles. The minimum absolute atomic E-state index is 0.0183. The number of rotatable bonds is 1. The highest BCUT2D eigenvalue weighted by atomic mass is 19.4. The molecular weight excluding hydrogens is 281 g/mol. The number of halogens is 3. The third-order valence-electron chi connectivity index (χ3n) is 3.41. The average Bonchev–Trinajstić information content (AvgIpc) is 2.71. The first-order valence-corrected chi connectivity index (χ1v) is 5.81. The predicted octanol–water partition coefficient (Wildman–Crippen LogP) is 2.04. The summed E-state index contributed by atoms with van der Waals surface area (Å²) in [5, 5.41) is 21.9. The van der Waals surface area contributed by atoms with Crippen LogP contribution in [-0.4, -0.2) is 39.1 Å². The number of aromatic nitrogens is 1. The summed E-state index contributed by atoms with van der Waals surface area (Å²) in [6.07, 6.45) is -6.09. The fourth-order valence-electron chi connectivity index (χ4n) is 2.24. The Kier molecular flexibility index (Phi) is 3.20. The highest BCUT2D eigenvalue weighted by Gasteiger charge is 2.55. The molecule has 112 valence electrons. The Morgan fingerprint density at radius 2 is 2.10 bits per heavy atom. The van der Waals surface area contributed by atoms with Gasteiger partial charge in [0.05, 0.1) is 6.54 Å². The van der Waals surface area contributed by atoms with Crippen LogP contribution in [0.5, 0.6) is 0 Å². The quantitative estimate of drug-likeness (QED) is 0.827. The molecule has 2 atom stereocenters. The Labute approximate surface area is 111 Å². The predicted molar refractivity (Wildman–Crippen MR) is 59.0 cm³/mol. The number of aliphatic hydroxyl groups is 1. The van der Waals surface area contributed by atoms with Crippen molar-refractivity contribution in [3.63, 3.8) is 0 Å². The summed E-state index contributed by atoms with van der Waals surface area (Å²) >= 11 is 0. The van der Waals surface area contributed by atoms with E-state index >= 15 is 0 Å². The summed E-state index contributed by atoms with van der Waals surface area (Å²) in [6.45, 7) is 1.99. The molecule has 1 aliphatic heterocycles. The van der Waals surface area contributed by atoms with Gasteiger partial charge in [0.2, 0.25) is 5.60 Å². The van der Waals surface area contributed by atoms with Crippen molar-refractivity contribution in [3.05, 3.63) is 17.0 Å². The summed E-state index contributed by atoms with van der Waals surface area (Å²) < 4.78 is 43.4. The maximum Gasteiger partial charge on any atom is 0.422 e. The minimum atomic E-state index is -4.90. The molecule has 2 rings (SSSR count). The number of fused-ring (bicyclic) bond motifs is 1. The maximum absolute atomic E-state index is 12.9. The Morgan fingerprint density at radius 3 is 2.60 bits per heavy atom. The van der Waals surface area contributed by atoms with Gasteiger partial charge in [-0.3, -0.25) is 0 Å². The lowest BCUT2D eigenvalue weighted by molar-refractivity contribution is -0.261. The van der Waals surface area contributed by atoms with Gasteiger partial charge in [0.15, 0.2) is 5.76 Å². The van der Waals surface area contributed by atoms with E-state index in [1.807, 2.05) is 0 Å². The van der Waals surface area contributed by atoms with Crippen molar-refractivity contribution in [3.8, 4) is 0 Å². The molecule has 2 unspecified atom stereocenters. The molecule has 0 fully saturated rings. The first-order valence-electron chi connectivity index (χ1n) is 5.81. The second kappa shape index (κ2) is 4.37. The van der Waals surface area contributed by atoms with E-state index in [0.717, 1.165) is 4.90 Å². The van der Waals surface area contributed by atoms with Crippen molar-refractivity contribution in [2.75, 3.05) is 6.54 Å². The van der Waals surface area contributed by atoms with Crippen LogP contribution < -0.4 is 0 Å². The van der Waals surface area contributed by atoms with E-state index in [-0.39, 0.29) is 24.4 Å². The zero-order valence-corrected chi connectivity index (χ0v) is 10.7. The van der Waals surface area contributed by atoms with Crippen molar-refractivity contribution in [1.29, 1.82) is 0 Å². The van der Waals surface area contributed by atoms with E-state index in [1.165, 1.54) is 0 Å². The van der Waals surface area contributed by atoms with Crippen LogP contribution in [0.25, 0.3) is 0 Å². The van der Waals surface area contributed by atoms with Gasteiger partial charge < -0.3 is 19.6 Å². The van der Waals surface area contributed by atoms with E-state index in [2.05, 4.69) is 5.16 Å². The summed E-state index contributed by atoms with van der Waals surface area (Å²) in [6, 6.07) is 0. The molecule has 0 spiro atoms. The van der Waals surface area contributed by atoms with Crippen LogP contribution in [0.15, 0.2) is 4.52 Å². The van der Waals surface area contributed by atoms with Gasteiger partial charge >= 0.3 is 12.3 Å². The van der Waals surface area contributed by atoms with Gasteiger partial charge in [-0.05, 0) is 6.92 Å². The van der Waals surface area contributed by atoms with E-state index in [9.17, 15) is 23.1 Å². The molecule has 0 aromatic carbocycles. The number of alkyl halides is 3. The topological polar surface area (TPSA) is 86.8 Å². The molecule has 0 saturated carbocycles. The zero-order valence-electron chi connectivity index (χ0n) is 10.7. The lowest BCUT2D eigenvalue weighted by Crippen LogP contribution is -2.42. The van der Waals surface area contributed by atoms with Gasteiger partial charge in [0, 0.05) is 18.0 Å². The Balaban J connectivity index is 2.46. The van der Waals surface area contributed by atoms with Gasteiger partial charge in [-0.2, -0.15) is 13.2 Å². The fraction of sp³-hybridized carbons (Fsp3) is 0.636. The molecular formula is C11H13F3N2O4. The first-order chi connectivity index (χ1) is 9.05. The summed E-state index contributed by atoms with van der Waals surface area (Å²) in [7, 11) is 0. The van der Waals surface area contributed by atoms with Gasteiger partial charge in [-0.1, -0.05) is 12.1 Å². The standard InChI is InChI=1S/C11H13F3N2O4/c1-5-3-16(9(17)18)4-6-7(5)8(15-20-6)10(2,19)11(12,13)14/h5,19H,3-4H2,1-2H3,(H,17,18). The molecule has 2 N–H and O–H groups in total. The Bertz CT molecular complexity index is 538. The van der Waals surface area contributed by atoms with Crippen LogP contribution in [0.1, 0.15) is 36.8 Å². The summed E-state index contributed by atoms with van der Waals surface area (Å²) in [4.78, 5) is 11.9. The molecule has 0 bridgehead atoms. The Morgan fingerprint density at radius 1 is 1.50 bits per heavy atom. The van der Waals surface area contributed by atoms with E-state index in [0.29, 0.717) is 6.92 Å². The molecule has 1 aromatic heterocycles. The molecule has 20 heavy (non-hydrogen) atoms. The van der Waals surface area contributed by atoms with Crippen molar-refractivity contribution >= 4 is 6.09 Å². The average molecular weight is 294 g/mol. The number of hydrogen-bond donors (Lipinski definition) is 2. The van der Waals surface area contributed by atoms with E-state index in [4.69, 9.17) is 9.63 Å². The molecule has 6 nitrogen and oxygen atoms in total. The summed E-state index contributed by atoms with van der Waals surface area (Å²) in [5.41, 5.74) is -3.61. The largest absolute Gasteiger partial charge is 0.465 e. The van der Waals surface area contributed by atoms with E-state index < -0.39 is 29.5 Å². The lowest BCUT2D eigenvalue weighted by Gasteiger charge is -2.30. The second-order valence-corrected chi connectivity index (χ2v) is 5.00. The monoisotopic (exact) mass is 294 g/mol. The number of nitrogens with zero attached hydrogens (tertiary/aromatic N) is 2. The molecule has 9 heteroatoms. The minimum Gasteiger partial charge on any atom is -0.465 e. The van der Waals surface area contributed by atoms with Crippen LogP contribution in [-0.2, 0) is 12.1 Å². The molecule has 1 aromatic rings. The molecule has 1 amide bonds. The number of amides is 1. The lowest BCUT2D eigenvalue weighted by atomic mass is 9.88. The van der Waals surface area contributed by atoms with Crippen LogP contribution >= 0.6 is 0 Å². The SMILES string of the molecule is CC1CN(C(=O)O)Cc2onc(C(C)(O)C(F)(F)F)c21. The van der Waals surface area contributed by atoms with Crippen molar-refractivity contribution in [2.45, 2.75) is 38.1 Å². The van der Waals surface area contributed by atoms with Crippen molar-refractivity contribution < 1.29 is 32.7 Å². The van der Waals surface area contributed by atoms with Gasteiger partial charge in [0.1, 0.15) is 5.69 Å². The zero-order chi connectivity index (χ0) is 15.3. The number of carbonyl (C=O) groups is 1. The normalized spacial score (nSPS) is 22.3. The smallest absolute Gasteiger partial charge is 0.422 e. The Hall–Kier alpha value is -1.77. The van der Waals surface area contributed by atoms with Crippen LogP contribution in [0.4, 0.5) is 18.0 Å². The number of hydrogen-bond acceptors (Lipinski definition) is 4. The third kappa shape index (κ3) is 2.11. The van der Waals surface area contributed by atoms with Crippen molar-refractivity contribution in [1.82, 2.24) is 10.1 Å². The van der Waals surface area contributed by atoms with Crippen LogP contribution in [0.3, 0.4) is 0 Å². The third-order valence-corrected chi connectivity index (χ3v) is 3.41. The van der Waals surface area contributed by atoms with Crippen LogP contribution in [0, 0.1) is 0 Å². The van der Waals surface area contributed by atoms with Gasteiger partial charge in [-0.25, -0.2) is 4.79 Å².